The third-order valence-electron chi connectivity index (χ3n) is 4.69. The van der Waals surface area contributed by atoms with E-state index in [9.17, 15) is 14.7 Å². The molecule has 7 heteroatoms. The van der Waals surface area contributed by atoms with Crippen LogP contribution in [0, 0.1) is 0 Å². The van der Waals surface area contributed by atoms with Crippen molar-refractivity contribution in [2.45, 2.75) is 13.8 Å². The summed E-state index contributed by atoms with van der Waals surface area (Å²) in [5.41, 5.74) is 1.74. The highest BCUT2D eigenvalue weighted by molar-refractivity contribution is 6.31. The van der Waals surface area contributed by atoms with Gasteiger partial charge in [0.2, 0.25) is 0 Å². The zero-order valence-corrected chi connectivity index (χ0v) is 18.1. The summed E-state index contributed by atoms with van der Waals surface area (Å²) in [5, 5.41) is 10.5. The lowest BCUT2D eigenvalue weighted by atomic mass is 9.96. The van der Waals surface area contributed by atoms with Crippen molar-refractivity contribution in [3.05, 3.63) is 88.2 Å². The quantitative estimate of drug-likeness (QED) is 0.502. The molecule has 6 nitrogen and oxygen atoms in total. The molecule has 0 bridgehead atoms. The molecule has 1 aliphatic rings. The molecular formula is C24H22ClNO5. The zero-order chi connectivity index (χ0) is 22.5. The zero-order valence-electron chi connectivity index (χ0n) is 17.4. The minimum absolute atomic E-state index is 0.0387. The van der Waals surface area contributed by atoms with E-state index in [1.165, 1.54) is 24.3 Å². The van der Waals surface area contributed by atoms with Crippen molar-refractivity contribution in [1.29, 1.82) is 0 Å². The number of phenolic OH excluding ortho intramolecular Hbond substituents is 1. The van der Waals surface area contributed by atoms with Gasteiger partial charge < -0.3 is 19.5 Å². The second-order valence-corrected chi connectivity index (χ2v) is 7.03. The SMILES string of the molecule is C/C=C1\C(C(=O)OCC)=CC(C(=O)c2cc(Cl)ccc2O)=CN1c1ccc(OC)cc1. The van der Waals surface area contributed by atoms with E-state index < -0.39 is 11.8 Å². The number of benzene rings is 2. The molecule has 0 amide bonds. The second-order valence-electron chi connectivity index (χ2n) is 6.60. The van der Waals surface area contributed by atoms with E-state index in [-0.39, 0.29) is 29.1 Å². The average Bonchev–Trinajstić information content (AvgIpc) is 2.79. The van der Waals surface area contributed by atoms with Crippen LogP contribution in [0.1, 0.15) is 24.2 Å². The molecule has 0 spiro atoms. The highest BCUT2D eigenvalue weighted by atomic mass is 35.5. The van der Waals surface area contributed by atoms with E-state index in [4.69, 9.17) is 21.1 Å². The predicted octanol–water partition coefficient (Wildman–Crippen LogP) is 5.03. The van der Waals surface area contributed by atoms with Gasteiger partial charge in [0, 0.05) is 22.5 Å². The Hall–Kier alpha value is -3.51. The third kappa shape index (κ3) is 4.64. The van der Waals surface area contributed by atoms with E-state index in [2.05, 4.69) is 0 Å². The first-order chi connectivity index (χ1) is 14.9. The third-order valence-corrected chi connectivity index (χ3v) is 4.92. The van der Waals surface area contributed by atoms with Gasteiger partial charge in [-0.25, -0.2) is 4.79 Å². The number of esters is 1. The molecule has 0 aliphatic carbocycles. The van der Waals surface area contributed by atoms with Gasteiger partial charge in [-0.15, -0.1) is 0 Å². The number of nitrogens with zero attached hydrogens (tertiary/aromatic N) is 1. The number of rotatable bonds is 6. The first-order valence-corrected chi connectivity index (χ1v) is 10.0. The number of Topliss-reactive ketones (excluding diaryl/α,β-unsaturated/α-hetero) is 1. The topological polar surface area (TPSA) is 76.1 Å². The van der Waals surface area contributed by atoms with Crippen molar-refractivity contribution < 1.29 is 24.2 Å². The molecule has 1 N–H and O–H groups in total. The summed E-state index contributed by atoms with van der Waals surface area (Å²) in [6.45, 7) is 3.70. The Morgan fingerprint density at radius 1 is 1.16 bits per heavy atom. The number of allylic oxidation sites excluding steroid dienone is 3. The molecule has 0 atom stereocenters. The summed E-state index contributed by atoms with van der Waals surface area (Å²) < 4.78 is 10.4. The summed E-state index contributed by atoms with van der Waals surface area (Å²) >= 11 is 6.02. The maximum Gasteiger partial charge on any atom is 0.340 e. The number of phenols is 1. The van der Waals surface area contributed by atoms with Crippen LogP contribution in [-0.2, 0) is 9.53 Å². The molecule has 1 heterocycles. The van der Waals surface area contributed by atoms with Crippen LogP contribution in [0.4, 0.5) is 5.69 Å². The van der Waals surface area contributed by atoms with E-state index in [1.807, 2.05) is 12.1 Å². The van der Waals surface area contributed by atoms with E-state index in [1.54, 1.807) is 50.3 Å². The van der Waals surface area contributed by atoms with Crippen molar-refractivity contribution in [1.82, 2.24) is 0 Å². The number of aromatic hydroxyl groups is 1. The van der Waals surface area contributed by atoms with Crippen LogP contribution in [0.3, 0.4) is 0 Å². The summed E-state index contributed by atoms with van der Waals surface area (Å²) in [6, 6.07) is 11.4. The molecule has 0 aromatic heterocycles. The fourth-order valence-corrected chi connectivity index (χ4v) is 3.37. The number of carbonyl (C=O) groups is 2. The molecule has 31 heavy (non-hydrogen) atoms. The highest BCUT2D eigenvalue weighted by Crippen LogP contribution is 2.34. The molecular weight excluding hydrogens is 418 g/mol. The van der Waals surface area contributed by atoms with E-state index >= 15 is 0 Å². The monoisotopic (exact) mass is 439 g/mol. The van der Waals surface area contributed by atoms with Crippen molar-refractivity contribution >= 4 is 29.0 Å². The Kier molecular flexibility index (Phi) is 6.82. The second kappa shape index (κ2) is 9.53. The Morgan fingerprint density at radius 3 is 2.48 bits per heavy atom. The predicted molar refractivity (Wildman–Crippen MR) is 119 cm³/mol. The number of halogens is 1. The Morgan fingerprint density at radius 2 is 1.87 bits per heavy atom. The van der Waals surface area contributed by atoms with Gasteiger partial charge >= 0.3 is 5.97 Å². The molecule has 2 aromatic carbocycles. The normalized spacial score (nSPS) is 14.7. The van der Waals surface area contributed by atoms with Crippen molar-refractivity contribution in [3.63, 3.8) is 0 Å². The van der Waals surface area contributed by atoms with Crippen LogP contribution in [-0.4, -0.2) is 30.6 Å². The smallest absolute Gasteiger partial charge is 0.340 e. The maximum absolute atomic E-state index is 13.2. The van der Waals surface area contributed by atoms with Gasteiger partial charge in [-0.1, -0.05) is 17.7 Å². The lowest BCUT2D eigenvalue weighted by Gasteiger charge is -2.29. The highest BCUT2D eigenvalue weighted by Gasteiger charge is 2.28. The lowest BCUT2D eigenvalue weighted by Crippen LogP contribution is -2.27. The van der Waals surface area contributed by atoms with Gasteiger partial charge in [-0.3, -0.25) is 4.79 Å². The number of methoxy groups -OCH3 is 1. The number of ketones is 1. The first kappa shape index (κ1) is 22.2. The van der Waals surface area contributed by atoms with Gasteiger partial charge in [-0.05, 0) is 62.4 Å². The molecule has 160 valence electrons. The van der Waals surface area contributed by atoms with Gasteiger partial charge in [0.1, 0.15) is 11.5 Å². The fourth-order valence-electron chi connectivity index (χ4n) is 3.20. The Bertz CT molecular complexity index is 1100. The van der Waals surface area contributed by atoms with Crippen LogP contribution in [0.25, 0.3) is 0 Å². The maximum atomic E-state index is 13.2. The van der Waals surface area contributed by atoms with Crippen molar-refractivity contribution in [3.8, 4) is 11.5 Å². The molecule has 0 fully saturated rings. The minimum atomic E-state index is -0.553. The van der Waals surface area contributed by atoms with Crippen LogP contribution in [0.2, 0.25) is 5.02 Å². The van der Waals surface area contributed by atoms with Gasteiger partial charge in [0.15, 0.2) is 5.78 Å². The Balaban J connectivity index is 2.14. The molecule has 0 unspecified atom stereocenters. The van der Waals surface area contributed by atoms with Crippen LogP contribution in [0.15, 0.2) is 77.7 Å². The molecule has 0 saturated heterocycles. The van der Waals surface area contributed by atoms with Gasteiger partial charge in [0.05, 0.1) is 30.6 Å². The van der Waals surface area contributed by atoms with Crippen LogP contribution < -0.4 is 9.64 Å². The molecule has 1 aliphatic heterocycles. The molecule has 3 rings (SSSR count). The van der Waals surface area contributed by atoms with Crippen molar-refractivity contribution in [2.24, 2.45) is 0 Å². The lowest BCUT2D eigenvalue weighted by molar-refractivity contribution is -0.138. The van der Waals surface area contributed by atoms with Crippen LogP contribution in [0.5, 0.6) is 11.5 Å². The summed E-state index contributed by atoms with van der Waals surface area (Å²) in [7, 11) is 1.57. The van der Waals surface area contributed by atoms with Gasteiger partial charge in [0.25, 0.3) is 0 Å². The van der Waals surface area contributed by atoms with E-state index in [0.29, 0.717) is 22.2 Å². The summed E-state index contributed by atoms with van der Waals surface area (Å²) in [5.74, 6) is -0.555. The number of hydrogen-bond donors (Lipinski definition) is 1. The molecule has 0 radical (unpaired) electrons. The van der Waals surface area contributed by atoms with Crippen molar-refractivity contribution in [2.75, 3.05) is 18.6 Å². The average molecular weight is 440 g/mol. The summed E-state index contributed by atoms with van der Waals surface area (Å²) in [6.07, 6.45) is 4.85. The minimum Gasteiger partial charge on any atom is -0.507 e. The number of carbonyl (C=O) groups excluding carboxylic acids is 2. The standard InChI is InChI=1S/C24H22ClNO5/c1-4-21-19(24(29)31-5-2)12-15(23(28)20-13-16(25)6-11-22(20)27)14-26(21)17-7-9-18(30-3)10-8-17/h4,6-14,27H,5H2,1-3H3/b21-4+. The summed E-state index contributed by atoms with van der Waals surface area (Å²) in [4.78, 5) is 27.6. The Labute approximate surface area is 185 Å². The van der Waals surface area contributed by atoms with Gasteiger partial charge in [-0.2, -0.15) is 0 Å². The first-order valence-electron chi connectivity index (χ1n) is 9.63. The largest absolute Gasteiger partial charge is 0.507 e. The fraction of sp³-hybridized carbons (Fsp3) is 0.167. The number of ether oxygens (including phenoxy) is 2. The van der Waals surface area contributed by atoms with E-state index in [0.717, 1.165) is 0 Å². The number of anilines is 1. The number of hydrogen-bond acceptors (Lipinski definition) is 6. The van der Waals surface area contributed by atoms with Crippen LogP contribution >= 0.6 is 11.6 Å². The molecule has 0 saturated carbocycles. The molecule has 2 aromatic rings.